The number of nitriles is 1. The first-order valence-corrected chi connectivity index (χ1v) is 5.98. The summed E-state index contributed by atoms with van der Waals surface area (Å²) in [5.74, 6) is 0. The molecule has 0 bridgehead atoms. The fraction of sp³-hybridized carbons (Fsp3) is 0.462. The maximum absolute atomic E-state index is 12.8. The van der Waals surface area contributed by atoms with Crippen LogP contribution in [0.3, 0.4) is 0 Å². The van der Waals surface area contributed by atoms with E-state index in [0.717, 1.165) is 25.0 Å². The molecule has 3 nitrogen and oxygen atoms in total. The third kappa shape index (κ3) is 2.99. The molecule has 0 radical (unpaired) electrons. The minimum atomic E-state index is -4.56. The van der Waals surface area contributed by atoms with Crippen LogP contribution in [-0.4, -0.2) is 17.3 Å². The van der Waals surface area contributed by atoms with Crippen LogP contribution in [0.25, 0.3) is 0 Å². The van der Waals surface area contributed by atoms with E-state index in [2.05, 4.69) is 5.32 Å². The van der Waals surface area contributed by atoms with Crippen molar-refractivity contribution in [2.75, 3.05) is 5.32 Å². The first-order chi connectivity index (χ1) is 8.91. The van der Waals surface area contributed by atoms with Crippen molar-refractivity contribution in [3.8, 4) is 6.07 Å². The number of rotatable bonds is 2. The number of hydrogen-bond acceptors (Lipinski definition) is 3. The number of benzene rings is 1. The summed E-state index contributed by atoms with van der Waals surface area (Å²) in [6.45, 7) is 0. The molecule has 0 spiro atoms. The molecule has 1 aliphatic rings. The second-order valence-corrected chi connectivity index (χ2v) is 4.62. The van der Waals surface area contributed by atoms with E-state index in [1.807, 2.05) is 0 Å². The largest absolute Gasteiger partial charge is 0.417 e. The SMILES string of the molecule is N#Cc1ccc(N[C@@H]2CCC[C@H]2O)cc1C(F)(F)F. The van der Waals surface area contributed by atoms with Gasteiger partial charge in [0.2, 0.25) is 0 Å². The van der Waals surface area contributed by atoms with Gasteiger partial charge in [-0.2, -0.15) is 18.4 Å². The van der Waals surface area contributed by atoms with Gasteiger partial charge in [0.25, 0.3) is 0 Å². The van der Waals surface area contributed by atoms with Gasteiger partial charge in [-0.05, 0) is 37.5 Å². The minimum absolute atomic E-state index is 0.228. The molecule has 102 valence electrons. The summed E-state index contributed by atoms with van der Waals surface area (Å²) in [5, 5.41) is 21.2. The van der Waals surface area contributed by atoms with Gasteiger partial charge in [-0.15, -0.1) is 0 Å². The lowest BCUT2D eigenvalue weighted by Gasteiger charge is -2.19. The summed E-state index contributed by atoms with van der Waals surface area (Å²) in [5.41, 5.74) is -1.07. The van der Waals surface area contributed by atoms with Gasteiger partial charge in [0.15, 0.2) is 0 Å². The molecule has 1 saturated carbocycles. The highest BCUT2D eigenvalue weighted by Crippen LogP contribution is 2.34. The molecule has 2 atom stereocenters. The Morgan fingerprint density at radius 2 is 2.05 bits per heavy atom. The van der Waals surface area contributed by atoms with Crippen molar-refractivity contribution in [3.05, 3.63) is 29.3 Å². The third-order valence-electron chi connectivity index (χ3n) is 3.28. The molecule has 1 aromatic rings. The Bertz CT molecular complexity index is 508. The van der Waals surface area contributed by atoms with Crippen LogP contribution >= 0.6 is 0 Å². The average molecular weight is 270 g/mol. The molecule has 0 unspecified atom stereocenters. The first-order valence-electron chi connectivity index (χ1n) is 5.98. The highest BCUT2D eigenvalue weighted by molar-refractivity contribution is 5.53. The number of alkyl halides is 3. The molecular formula is C13H13F3N2O. The maximum atomic E-state index is 12.8. The highest BCUT2D eigenvalue weighted by Gasteiger charge is 2.34. The van der Waals surface area contributed by atoms with Crippen LogP contribution in [0.2, 0.25) is 0 Å². The average Bonchev–Trinajstić information content (AvgIpc) is 2.74. The predicted octanol–water partition coefficient (Wildman–Crippen LogP) is 2.90. The van der Waals surface area contributed by atoms with Crippen molar-refractivity contribution in [2.24, 2.45) is 0 Å². The standard InChI is InChI=1S/C13H13F3N2O/c14-13(15,16)10-6-9(5-4-8(10)7-17)18-11-2-1-3-12(11)19/h4-6,11-12,18-19H,1-3H2/t11-,12-/m1/s1. The quantitative estimate of drug-likeness (QED) is 0.868. The lowest BCUT2D eigenvalue weighted by Crippen LogP contribution is -2.28. The van der Waals surface area contributed by atoms with Gasteiger partial charge in [0.1, 0.15) is 0 Å². The first kappa shape index (κ1) is 13.7. The molecule has 1 aliphatic carbocycles. The second-order valence-electron chi connectivity index (χ2n) is 4.62. The Labute approximate surface area is 108 Å². The predicted molar refractivity (Wildman–Crippen MR) is 63.4 cm³/mol. The third-order valence-corrected chi connectivity index (χ3v) is 3.28. The normalized spacial score (nSPS) is 23.1. The van der Waals surface area contributed by atoms with E-state index in [0.29, 0.717) is 6.42 Å². The van der Waals surface area contributed by atoms with E-state index in [-0.39, 0.29) is 11.7 Å². The number of aliphatic hydroxyl groups is 1. The van der Waals surface area contributed by atoms with Gasteiger partial charge in [-0.1, -0.05) is 0 Å². The zero-order valence-electron chi connectivity index (χ0n) is 10.0. The Hall–Kier alpha value is -1.74. The topological polar surface area (TPSA) is 56.0 Å². The lowest BCUT2D eigenvalue weighted by molar-refractivity contribution is -0.137. The van der Waals surface area contributed by atoms with E-state index in [9.17, 15) is 18.3 Å². The van der Waals surface area contributed by atoms with Crippen LogP contribution in [0.1, 0.15) is 30.4 Å². The fourth-order valence-corrected chi connectivity index (χ4v) is 2.29. The van der Waals surface area contributed by atoms with E-state index in [1.165, 1.54) is 12.1 Å². The minimum Gasteiger partial charge on any atom is -0.391 e. The molecule has 0 saturated heterocycles. The zero-order valence-corrected chi connectivity index (χ0v) is 10.0. The van der Waals surface area contributed by atoms with Crippen molar-refractivity contribution in [1.29, 1.82) is 5.26 Å². The summed E-state index contributed by atoms with van der Waals surface area (Å²) in [4.78, 5) is 0. The van der Waals surface area contributed by atoms with Crippen LogP contribution in [0.5, 0.6) is 0 Å². The molecule has 2 rings (SSSR count). The van der Waals surface area contributed by atoms with Gasteiger partial charge in [-0.3, -0.25) is 0 Å². The molecule has 1 fully saturated rings. The van der Waals surface area contributed by atoms with Crippen molar-refractivity contribution < 1.29 is 18.3 Å². The number of nitrogens with zero attached hydrogens (tertiary/aromatic N) is 1. The Morgan fingerprint density at radius 3 is 2.58 bits per heavy atom. The van der Waals surface area contributed by atoms with E-state index < -0.39 is 23.4 Å². The monoisotopic (exact) mass is 270 g/mol. The summed E-state index contributed by atoms with van der Waals surface area (Å²) in [7, 11) is 0. The summed E-state index contributed by atoms with van der Waals surface area (Å²) >= 11 is 0. The van der Waals surface area contributed by atoms with Crippen molar-refractivity contribution in [2.45, 2.75) is 37.6 Å². The molecule has 0 amide bonds. The van der Waals surface area contributed by atoms with E-state index in [1.54, 1.807) is 0 Å². The fourth-order valence-electron chi connectivity index (χ4n) is 2.29. The molecule has 1 aromatic carbocycles. The number of halogens is 3. The number of hydrogen-bond donors (Lipinski definition) is 2. The van der Waals surface area contributed by atoms with Crippen LogP contribution in [0.4, 0.5) is 18.9 Å². The van der Waals surface area contributed by atoms with Gasteiger partial charge < -0.3 is 10.4 Å². The van der Waals surface area contributed by atoms with E-state index >= 15 is 0 Å². The smallest absolute Gasteiger partial charge is 0.391 e. The van der Waals surface area contributed by atoms with Crippen LogP contribution < -0.4 is 5.32 Å². The van der Waals surface area contributed by atoms with Gasteiger partial charge in [0, 0.05) is 5.69 Å². The van der Waals surface area contributed by atoms with E-state index in [4.69, 9.17) is 5.26 Å². The van der Waals surface area contributed by atoms with Crippen molar-refractivity contribution >= 4 is 5.69 Å². The Kier molecular flexibility index (Phi) is 3.67. The van der Waals surface area contributed by atoms with Gasteiger partial charge in [0.05, 0.1) is 29.3 Å². The summed E-state index contributed by atoms with van der Waals surface area (Å²) < 4.78 is 38.3. The van der Waals surface area contributed by atoms with Crippen molar-refractivity contribution in [1.82, 2.24) is 0 Å². The van der Waals surface area contributed by atoms with Crippen LogP contribution in [0, 0.1) is 11.3 Å². The number of nitrogens with one attached hydrogen (secondary N) is 1. The summed E-state index contributed by atoms with van der Waals surface area (Å²) in [6.07, 6.45) is -2.87. The maximum Gasteiger partial charge on any atom is 0.417 e. The molecule has 6 heteroatoms. The van der Waals surface area contributed by atoms with Gasteiger partial charge in [-0.25, -0.2) is 0 Å². The number of anilines is 1. The molecule has 0 aromatic heterocycles. The Balaban J connectivity index is 2.26. The molecule has 0 heterocycles. The van der Waals surface area contributed by atoms with Gasteiger partial charge >= 0.3 is 6.18 Å². The number of aliphatic hydroxyl groups excluding tert-OH is 1. The summed E-state index contributed by atoms with van der Waals surface area (Å²) in [6, 6.07) is 4.80. The molecular weight excluding hydrogens is 257 g/mol. The second kappa shape index (κ2) is 5.10. The zero-order chi connectivity index (χ0) is 14.0. The molecule has 19 heavy (non-hydrogen) atoms. The Morgan fingerprint density at radius 1 is 1.32 bits per heavy atom. The highest BCUT2D eigenvalue weighted by atomic mass is 19.4. The van der Waals surface area contributed by atoms with Crippen LogP contribution in [-0.2, 0) is 6.18 Å². The van der Waals surface area contributed by atoms with Crippen molar-refractivity contribution in [3.63, 3.8) is 0 Å². The molecule has 0 aliphatic heterocycles. The van der Waals surface area contributed by atoms with Crippen LogP contribution in [0.15, 0.2) is 18.2 Å². The molecule has 2 N–H and O–H groups in total. The lowest BCUT2D eigenvalue weighted by atomic mass is 10.1.